The van der Waals surface area contributed by atoms with Crippen molar-refractivity contribution in [1.29, 1.82) is 0 Å². The van der Waals surface area contributed by atoms with Gasteiger partial charge >= 0.3 is 17.9 Å². The van der Waals surface area contributed by atoms with Gasteiger partial charge in [-0.15, -0.1) is 0 Å². The molecule has 0 radical (unpaired) electrons. The van der Waals surface area contributed by atoms with E-state index >= 15 is 0 Å². The van der Waals surface area contributed by atoms with E-state index in [0.29, 0.717) is 19.3 Å². The van der Waals surface area contributed by atoms with Crippen molar-refractivity contribution in [2.45, 2.75) is 309 Å². The van der Waals surface area contributed by atoms with Crippen molar-refractivity contribution in [3.05, 3.63) is 36.5 Å². The summed E-state index contributed by atoms with van der Waals surface area (Å²) in [5, 5.41) is 0. The van der Waals surface area contributed by atoms with Gasteiger partial charge in [0.15, 0.2) is 6.10 Å². The largest absolute Gasteiger partial charge is 0.462 e. The molecule has 6 nitrogen and oxygen atoms in total. The van der Waals surface area contributed by atoms with Crippen LogP contribution >= 0.6 is 0 Å². The number of carbonyl (C=O) groups is 3. The van der Waals surface area contributed by atoms with Gasteiger partial charge in [-0.05, 0) is 51.4 Å². The number of rotatable bonds is 52. The summed E-state index contributed by atoms with van der Waals surface area (Å²) in [6.45, 7) is 6.55. The minimum atomic E-state index is -0.779. The fraction of sp³-hybridized carbons (Fsp3) is 0.847. The van der Waals surface area contributed by atoms with Crippen molar-refractivity contribution in [2.24, 2.45) is 0 Å². The van der Waals surface area contributed by atoms with Gasteiger partial charge in [-0.2, -0.15) is 0 Å². The molecule has 65 heavy (non-hydrogen) atoms. The van der Waals surface area contributed by atoms with Crippen molar-refractivity contribution in [2.75, 3.05) is 13.2 Å². The molecular weight excluding hydrogens is 805 g/mol. The Balaban J connectivity index is 4.32. The van der Waals surface area contributed by atoms with Crippen LogP contribution in [0.5, 0.6) is 0 Å². The lowest BCUT2D eigenvalue weighted by atomic mass is 10.0. The minimum absolute atomic E-state index is 0.0766. The quantitative estimate of drug-likeness (QED) is 0.0262. The summed E-state index contributed by atoms with van der Waals surface area (Å²) in [4.78, 5) is 38.1. The Morgan fingerprint density at radius 1 is 0.323 bits per heavy atom. The van der Waals surface area contributed by atoms with Crippen LogP contribution in [0.15, 0.2) is 36.5 Å². The Kier molecular flexibility index (Phi) is 52.3. The minimum Gasteiger partial charge on any atom is -0.462 e. The van der Waals surface area contributed by atoms with E-state index in [-0.39, 0.29) is 31.1 Å². The highest BCUT2D eigenvalue weighted by atomic mass is 16.6. The zero-order valence-electron chi connectivity index (χ0n) is 43.5. The second-order valence-electron chi connectivity index (χ2n) is 19.2. The molecule has 0 aliphatic rings. The first-order valence-corrected chi connectivity index (χ1v) is 28.5. The number of unbranched alkanes of at least 4 members (excludes halogenated alkanes) is 35. The van der Waals surface area contributed by atoms with Crippen LogP contribution in [0, 0.1) is 0 Å². The van der Waals surface area contributed by atoms with E-state index in [1.165, 1.54) is 180 Å². The van der Waals surface area contributed by atoms with Crippen LogP contribution in [-0.2, 0) is 28.6 Å². The van der Waals surface area contributed by atoms with Gasteiger partial charge in [-0.1, -0.05) is 269 Å². The second kappa shape index (κ2) is 54.2. The summed E-state index contributed by atoms with van der Waals surface area (Å²) in [5.41, 5.74) is 0. The summed E-state index contributed by atoms with van der Waals surface area (Å²) in [5.74, 6) is -0.889. The highest BCUT2D eigenvalue weighted by Crippen LogP contribution is 2.17. The fourth-order valence-corrected chi connectivity index (χ4v) is 8.40. The molecule has 0 fully saturated rings. The first-order valence-electron chi connectivity index (χ1n) is 28.5. The molecule has 0 saturated heterocycles. The van der Waals surface area contributed by atoms with Crippen LogP contribution in [0.3, 0.4) is 0 Å². The van der Waals surface area contributed by atoms with Crippen LogP contribution in [0.1, 0.15) is 303 Å². The standard InChI is InChI=1S/C59H108O6/c1-4-7-10-13-16-19-22-25-27-28-29-30-32-34-37-40-43-46-49-52-58(61)64-55-56(54-63-57(60)51-48-45-42-39-36-33-24-21-18-15-12-9-6-3)65-59(62)53-50-47-44-41-38-35-31-26-23-20-17-14-11-8-5-2/h9,12,18,21,33,36,56H,4-8,10-11,13-17,19-20,22-32,34-35,37-55H2,1-3H3/b12-9-,21-18-,36-33-. The predicted molar refractivity (Wildman–Crippen MR) is 279 cm³/mol. The van der Waals surface area contributed by atoms with Crippen molar-refractivity contribution >= 4 is 17.9 Å². The molecule has 1 unspecified atom stereocenters. The number of hydrogen-bond donors (Lipinski definition) is 0. The SMILES string of the molecule is CC/C=C\C/C=C\C/C=C\CCCCCC(=O)OCC(COC(=O)CCCCCCCCCCCCCCCCCCCCC)OC(=O)CCCCCCCCCCCCCCCCC. The molecule has 0 saturated carbocycles. The average molecular weight is 914 g/mol. The maximum atomic E-state index is 12.8. The van der Waals surface area contributed by atoms with Crippen LogP contribution in [-0.4, -0.2) is 37.2 Å². The molecule has 0 bridgehead atoms. The Morgan fingerprint density at radius 3 is 0.938 bits per heavy atom. The van der Waals surface area contributed by atoms with Gasteiger partial charge in [0.2, 0.25) is 0 Å². The molecule has 0 spiro atoms. The van der Waals surface area contributed by atoms with Crippen LogP contribution in [0.25, 0.3) is 0 Å². The molecule has 0 amide bonds. The Labute approximate surface area is 404 Å². The van der Waals surface area contributed by atoms with Crippen LogP contribution in [0.2, 0.25) is 0 Å². The lowest BCUT2D eigenvalue weighted by molar-refractivity contribution is -0.167. The molecule has 6 heteroatoms. The van der Waals surface area contributed by atoms with E-state index in [2.05, 4.69) is 57.2 Å². The van der Waals surface area contributed by atoms with Crippen LogP contribution < -0.4 is 0 Å². The number of hydrogen-bond acceptors (Lipinski definition) is 6. The molecule has 0 N–H and O–H groups in total. The molecule has 0 aliphatic carbocycles. The molecule has 1 atom stereocenters. The molecular formula is C59H108O6. The normalized spacial score (nSPS) is 12.2. The maximum Gasteiger partial charge on any atom is 0.306 e. The summed E-state index contributed by atoms with van der Waals surface area (Å²) in [6, 6.07) is 0. The summed E-state index contributed by atoms with van der Waals surface area (Å²) in [7, 11) is 0. The third-order valence-electron chi connectivity index (χ3n) is 12.7. The highest BCUT2D eigenvalue weighted by Gasteiger charge is 2.19. The van der Waals surface area contributed by atoms with Crippen molar-refractivity contribution in [1.82, 2.24) is 0 Å². The third-order valence-corrected chi connectivity index (χ3v) is 12.7. The molecule has 0 aromatic heterocycles. The first-order chi connectivity index (χ1) is 32.0. The Bertz CT molecular complexity index is 1090. The Morgan fingerprint density at radius 2 is 0.600 bits per heavy atom. The second-order valence-corrected chi connectivity index (χ2v) is 19.2. The van der Waals surface area contributed by atoms with Crippen LogP contribution in [0.4, 0.5) is 0 Å². The highest BCUT2D eigenvalue weighted by molar-refractivity contribution is 5.71. The van der Waals surface area contributed by atoms with E-state index < -0.39 is 6.10 Å². The lowest BCUT2D eigenvalue weighted by Crippen LogP contribution is -2.30. The average Bonchev–Trinajstić information content (AvgIpc) is 3.30. The molecule has 0 rings (SSSR count). The number of allylic oxidation sites excluding steroid dienone is 6. The number of esters is 3. The van der Waals surface area contributed by atoms with Crippen molar-refractivity contribution in [3.63, 3.8) is 0 Å². The Hall–Kier alpha value is -2.37. The van der Waals surface area contributed by atoms with E-state index in [1.807, 2.05) is 0 Å². The first kappa shape index (κ1) is 62.6. The molecule has 0 aliphatic heterocycles. The topological polar surface area (TPSA) is 78.9 Å². The van der Waals surface area contributed by atoms with Gasteiger partial charge in [0.25, 0.3) is 0 Å². The summed E-state index contributed by atoms with van der Waals surface area (Å²) in [6.07, 6.45) is 64.3. The monoisotopic (exact) mass is 913 g/mol. The number of ether oxygens (including phenoxy) is 3. The van der Waals surface area contributed by atoms with Crippen molar-refractivity contribution in [3.8, 4) is 0 Å². The number of carbonyl (C=O) groups excluding carboxylic acids is 3. The zero-order valence-corrected chi connectivity index (χ0v) is 43.5. The summed E-state index contributed by atoms with van der Waals surface area (Å²) >= 11 is 0. The van der Waals surface area contributed by atoms with E-state index in [1.54, 1.807) is 0 Å². The predicted octanol–water partition coefficient (Wildman–Crippen LogP) is 18.9. The van der Waals surface area contributed by atoms with Gasteiger partial charge in [0.05, 0.1) is 0 Å². The molecule has 0 heterocycles. The molecule has 0 aromatic rings. The lowest BCUT2D eigenvalue weighted by Gasteiger charge is -2.18. The molecule has 0 aromatic carbocycles. The van der Waals surface area contributed by atoms with Gasteiger partial charge in [-0.3, -0.25) is 14.4 Å². The van der Waals surface area contributed by atoms with Crippen molar-refractivity contribution < 1.29 is 28.6 Å². The van der Waals surface area contributed by atoms with Gasteiger partial charge < -0.3 is 14.2 Å². The smallest absolute Gasteiger partial charge is 0.306 e. The summed E-state index contributed by atoms with van der Waals surface area (Å²) < 4.78 is 16.8. The van der Waals surface area contributed by atoms with Gasteiger partial charge in [0.1, 0.15) is 13.2 Å². The van der Waals surface area contributed by atoms with Gasteiger partial charge in [0, 0.05) is 19.3 Å². The maximum absolute atomic E-state index is 12.8. The fourth-order valence-electron chi connectivity index (χ4n) is 8.40. The van der Waals surface area contributed by atoms with Gasteiger partial charge in [-0.25, -0.2) is 0 Å². The zero-order chi connectivity index (χ0) is 47.2. The van der Waals surface area contributed by atoms with E-state index in [0.717, 1.165) is 83.5 Å². The third kappa shape index (κ3) is 52.5. The molecule has 380 valence electrons. The van der Waals surface area contributed by atoms with E-state index in [4.69, 9.17) is 14.2 Å². The van der Waals surface area contributed by atoms with E-state index in [9.17, 15) is 14.4 Å².